The number of benzene rings is 1. The van der Waals surface area contributed by atoms with E-state index >= 15 is 0 Å². The van der Waals surface area contributed by atoms with Gasteiger partial charge in [-0.25, -0.2) is 0 Å². The largest absolute Gasteiger partial charge is 1.00 e. The molecule has 0 aliphatic carbocycles. The maximum absolute atomic E-state index is 2.33. The zero-order valence-electron chi connectivity index (χ0n) is 11.5. The van der Waals surface area contributed by atoms with Gasteiger partial charge in [0.15, 0.2) is 0 Å². The maximum atomic E-state index is 2.33. The Labute approximate surface area is 113 Å². The van der Waals surface area contributed by atoms with E-state index in [0.29, 0.717) is 0 Å². The summed E-state index contributed by atoms with van der Waals surface area (Å²) in [6, 6.07) is 10.9. The average molecular weight is 256 g/mol. The number of hydrogen-bond acceptors (Lipinski definition) is 0. The second-order valence-electron chi connectivity index (χ2n) is 4.75. The molecule has 0 saturated carbocycles. The number of halogens is 1. The van der Waals surface area contributed by atoms with Crippen molar-refractivity contribution in [3.8, 4) is 0 Å². The molecule has 0 aliphatic heterocycles. The predicted octanol–water partition coefficient (Wildman–Crippen LogP) is 0.847. The van der Waals surface area contributed by atoms with E-state index in [-0.39, 0.29) is 12.4 Å². The summed E-state index contributed by atoms with van der Waals surface area (Å²) in [6.45, 7) is 12.0. The van der Waals surface area contributed by atoms with E-state index in [0.717, 1.165) is 0 Å². The van der Waals surface area contributed by atoms with Crippen LogP contribution in [0.15, 0.2) is 30.3 Å². The molecule has 1 nitrogen and oxygen atoms in total. The second-order valence-corrected chi connectivity index (χ2v) is 4.75. The van der Waals surface area contributed by atoms with Crippen molar-refractivity contribution in [1.29, 1.82) is 0 Å². The Morgan fingerprint density at radius 1 is 0.882 bits per heavy atom. The minimum absolute atomic E-state index is 0. The summed E-state index contributed by atoms with van der Waals surface area (Å²) in [5.41, 5.74) is 1.48. The first-order valence-electron chi connectivity index (χ1n) is 6.65. The highest BCUT2D eigenvalue weighted by Gasteiger charge is 2.23. The van der Waals surface area contributed by atoms with Crippen LogP contribution in [0.3, 0.4) is 0 Å². The molecule has 17 heavy (non-hydrogen) atoms. The Balaban J connectivity index is 0.00000256. The van der Waals surface area contributed by atoms with Gasteiger partial charge in [-0.1, -0.05) is 44.2 Å². The molecule has 0 amide bonds. The van der Waals surface area contributed by atoms with Gasteiger partial charge in [-0.15, -0.1) is 0 Å². The SMILES string of the molecule is CCC[N+](CC)(CCC)Cc1ccccc1.[Cl-]. The van der Waals surface area contributed by atoms with Gasteiger partial charge < -0.3 is 16.9 Å². The van der Waals surface area contributed by atoms with Gasteiger partial charge in [0.25, 0.3) is 0 Å². The highest BCUT2D eigenvalue weighted by molar-refractivity contribution is 5.13. The molecule has 98 valence electrons. The molecule has 0 N–H and O–H groups in total. The summed E-state index contributed by atoms with van der Waals surface area (Å²) < 4.78 is 1.25. The molecular weight excluding hydrogens is 230 g/mol. The van der Waals surface area contributed by atoms with E-state index in [4.69, 9.17) is 0 Å². The molecule has 0 unspecified atom stereocenters. The van der Waals surface area contributed by atoms with Crippen LogP contribution < -0.4 is 12.4 Å². The highest BCUT2D eigenvalue weighted by Crippen LogP contribution is 2.16. The van der Waals surface area contributed by atoms with E-state index in [1.54, 1.807) is 0 Å². The minimum Gasteiger partial charge on any atom is -1.00 e. The number of rotatable bonds is 7. The van der Waals surface area contributed by atoms with Crippen LogP contribution in [0, 0.1) is 0 Å². The molecule has 2 heteroatoms. The van der Waals surface area contributed by atoms with Crippen LogP contribution in [0.1, 0.15) is 39.2 Å². The lowest BCUT2D eigenvalue weighted by molar-refractivity contribution is -0.939. The van der Waals surface area contributed by atoms with Gasteiger partial charge in [0.2, 0.25) is 0 Å². The van der Waals surface area contributed by atoms with E-state index in [2.05, 4.69) is 51.1 Å². The summed E-state index contributed by atoms with van der Waals surface area (Å²) in [7, 11) is 0. The van der Waals surface area contributed by atoms with Crippen LogP contribution in [0.25, 0.3) is 0 Å². The number of nitrogens with zero attached hydrogens (tertiary/aromatic N) is 1. The summed E-state index contributed by atoms with van der Waals surface area (Å²) in [6.07, 6.45) is 2.56. The van der Waals surface area contributed by atoms with E-state index in [1.807, 2.05) is 0 Å². The predicted molar refractivity (Wildman–Crippen MR) is 71.3 cm³/mol. The number of quaternary nitrogens is 1. The normalized spacial score (nSPS) is 11.0. The molecule has 0 spiro atoms. The first-order valence-corrected chi connectivity index (χ1v) is 6.65. The Kier molecular flexibility index (Phi) is 8.28. The lowest BCUT2D eigenvalue weighted by Gasteiger charge is -2.37. The lowest BCUT2D eigenvalue weighted by atomic mass is 10.1. The molecule has 0 bridgehead atoms. The molecule has 1 aromatic rings. The van der Waals surface area contributed by atoms with Gasteiger partial charge in [-0.05, 0) is 19.8 Å². The fourth-order valence-electron chi connectivity index (χ4n) is 2.62. The molecule has 1 aromatic carbocycles. The van der Waals surface area contributed by atoms with Crippen LogP contribution >= 0.6 is 0 Å². The average Bonchev–Trinajstić information content (AvgIpc) is 2.31. The van der Waals surface area contributed by atoms with Crippen molar-refractivity contribution in [3.63, 3.8) is 0 Å². The lowest BCUT2D eigenvalue weighted by Crippen LogP contribution is -3.00. The first-order chi connectivity index (χ1) is 7.76. The van der Waals surface area contributed by atoms with E-state index < -0.39 is 0 Å². The summed E-state index contributed by atoms with van der Waals surface area (Å²) in [5.74, 6) is 0. The van der Waals surface area contributed by atoms with Gasteiger partial charge in [0.05, 0.1) is 19.6 Å². The van der Waals surface area contributed by atoms with Crippen LogP contribution in [0.2, 0.25) is 0 Å². The van der Waals surface area contributed by atoms with Gasteiger partial charge in [0, 0.05) is 5.56 Å². The highest BCUT2D eigenvalue weighted by atomic mass is 35.5. The van der Waals surface area contributed by atoms with Crippen LogP contribution in [-0.2, 0) is 6.54 Å². The minimum atomic E-state index is 0. The topological polar surface area (TPSA) is 0 Å². The Hall–Kier alpha value is -0.530. The van der Waals surface area contributed by atoms with Crippen molar-refractivity contribution in [2.24, 2.45) is 0 Å². The molecule has 1 rings (SSSR count). The monoisotopic (exact) mass is 255 g/mol. The second kappa shape index (κ2) is 8.54. The maximum Gasteiger partial charge on any atom is 0.104 e. The van der Waals surface area contributed by atoms with Crippen molar-refractivity contribution >= 4 is 0 Å². The Morgan fingerprint density at radius 3 is 1.82 bits per heavy atom. The first kappa shape index (κ1) is 16.5. The summed E-state index contributed by atoms with van der Waals surface area (Å²) >= 11 is 0. The third-order valence-electron chi connectivity index (χ3n) is 3.43. The third-order valence-corrected chi connectivity index (χ3v) is 3.43. The van der Waals surface area contributed by atoms with Crippen molar-refractivity contribution < 1.29 is 16.9 Å². The van der Waals surface area contributed by atoms with Crippen molar-refractivity contribution in [2.45, 2.75) is 40.2 Å². The van der Waals surface area contributed by atoms with Crippen LogP contribution in [0.4, 0.5) is 0 Å². The third kappa shape index (κ3) is 5.10. The summed E-state index contributed by atoms with van der Waals surface area (Å²) in [5, 5.41) is 0. The molecule has 0 radical (unpaired) electrons. The van der Waals surface area contributed by atoms with Crippen molar-refractivity contribution in [2.75, 3.05) is 19.6 Å². The fraction of sp³-hybridized carbons (Fsp3) is 0.600. The Morgan fingerprint density at radius 2 is 1.41 bits per heavy atom. The Bertz CT molecular complexity index is 278. The van der Waals surface area contributed by atoms with Crippen LogP contribution in [-0.4, -0.2) is 24.1 Å². The molecule has 0 aliphatic rings. The van der Waals surface area contributed by atoms with Crippen LogP contribution in [0.5, 0.6) is 0 Å². The number of hydrogen-bond donors (Lipinski definition) is 0. The van der Waals surface area contributed by atoms with Crippen molar-refractivity contribution in [3.05, 3.63) is 35.9 Å². The summed E-state index contributed by atoms with van der Waals surface area (Å²) in [4.78, 5) is 0. The molecule has 0 atom stereocenters. The van der Waals surface area contributed by atoms with Gasteiger partial charge in [-0.2, -0.15) is 0 Å². The van der Waals surface area contributed by atoms with Gasteiger partial charge in [-0.3, -0.25) is 0 Å². The molecular formula is C15H26ClN. The van der Waals surface area contributed by atoms with Crippen molar-refractivity contribution in [1.82, 2.24) is 0 Å². The van der Waals surface area contributed by atoms with Gasteiger partial charge in [0.1, 0.15) is 6.54 Å². The molecule has 0 heterocycles. The smallest absolute Gasteiger partial charge is 0.104 e. The quantitative estimate of drug-likeness (QED) is 0.634. The van der Waals surface area contributed by atoms with E-state index in [9.17, 15) is 0 Å². The molecule has 0 saturated heterocycles. The van der Waals surface area contributed by atoms with E-state index in [1.165, 1.54) is 49.1 Å². The zero-order valence-corrected chi connectivity index (χ0v) is 12.2. The van der Waals surface area contributed by atoms with Gasteiger partial charge >= 0.3 is 0 Å². The fourth-order valence-corrected chi connectivity index (χ4v) is 2.62. The standard InChI is InChI=1S/C15H26N.ClH/c1-4-12-16(6-3,13-5-2)14-15-10-8-7-9-11-15;/h7-11H,4-6,12-14H2,1-3H3;1H/q+1;/p-1. The zero-order chi connectivity index (χ0) is 11.9. The molecule has 0 fully saturated rings. The molecule has 0 aromatic heterocycles.